The Morgan fingerprint density at radius 1 is 1.07 bits per heavy atom. The smallest absolute Gasteiger partial charge is 0.193 e. The molecule has 0 saturated carbocycles. The average Bonchev–Trinajstić information content (AvgIpc) is 2.74. The number of nitrogens with zero attached hydrogens (tertiary/aromatic N) is 3. The molecule has 0 aliphatic carbocycles. The van der Waals surface area contributed by atoms with E-state index in [-0.39, 0.29) is 30.1 Å². The highest BCUT2D eigenvalue weighted by Gasteiger charge is 2.25. The summed E-state index contributed by atoms with van der Waals surface area (Å²) in [5, 5.41) is 3.54. The third kappa shape index (κ3) is 8.76. The zero-order valence-corrected chi connectivity index (χ0v) is 21.5. The summed E-state index contributed by atoms with van der Waals surface area (Å²) in [6, 6.07) is 0. The second-order valence-corrected chi connectivity index (χ2v) is 9.08. The number of aliphatic imine (C=N–C) groups is 1. The maximum Gasteiger partial charge on any atom is 0.193 e. The van der Waals surface area contributed by atoms with Gasteiger partial charge in [0, 0.05) is 52.9 Å². The van der Waals surface area contributed by atoms with E-state index in [4.69, 9.17) is 14.2 Å². The molecular formula is C22H43IN4O3. The molecular weight excluding hydrogens is 495 g/mol. The van der Waals surface area contributed by atoms with Gasteiger partial charge in [-0.1, -0.05) is 13.8 Å². The highest BCUT2D eigenvalue weighted by Crippen LogP contribution is 2.18. The number of hydrogen-bond donors (Lipinski definition) is 1. The van der Waals surface area contributed by atoms with Crippen molar-refractivity contribution in [2.75, 3.05) is 66.1 Å². The molecule has 0 aromatic heterocycles. The minimum Gasteiger partial charge on any atom is -0.376 e. The van der Waals surface area contributed by atoms with Crippen LogP contribution in [0, 0.1) is 5.92 Å². The van der Waals surface area contributed by atoms with Crippen LogP contribution in [0.2, 0.25) is 0 Å². The maximum absolute atomic E-state index is 6.15. The fourth-order valence-electron chi connectivity index (χ4n) is 4.54. The molecule has 0 bridgehead atoms. The van der Waals surface area contributed by atoms with E-state index in [9.17, 15) is 0 Å². The van der Waals surface area contributed by atoms with E-state index in [1.165, 1.54) is 12.8 Å². The monoisotopic (exact) mass is 538 g/mol. The molecule has 3 fully saturated rings. The fraction of sp³-hybridized carbons (Fsp3) is 0.955. The zero-order valence-electron chi connectivity index (χ0n) is 19.2. The summed E-state index contributed by atoms with van der Waals surface area (Å²) in [6.07, 6.45) is 6.61. The molecule has 1 N–H and O–H groups in total. The quantitative estimate of drug-likeness (QED) is 0.306. The second kappa shape index (κ2) is 14.1. The summed E-state index contributed by atoms with van der Waals surface area (Å²) in [5.41, 5.74) is 0. The van der Waals surface area contributed by atoms with E-state index in [2.05, 4.69) is 34.0 Å². The van der Waals surface area contributed by atoms with Gasteiger partial charge in [0.1, 0.15) is 0 Å². The van der Waals surface area contributed by atoms with Gasteiger partial charge < -0.3 is 24.4 Å². The van der Waals surface area contributed by atoms with Crippen LogP contribution >= 0.6 is 24.0 Å². The van der Waals surface area contributed by atoms with Gasteiger partial charge in [-0.2, -0.15) is 0 Å². The Labute approximate surface area is 200 Å². The van der Waals surface area contributed by atoms with Crippen LogP contribution in [-0.4, -0.2) is 100 Å². The second-order valence-electron chi connectivity index (χ2n) is 9.08. The molecule has 0 spiro atoms. The lowest BCUT2D eigenvalue weighted by atomic mass is 10.1. The Morgan fingerprint density at radius 3 is 2.50 bits per heavy atom. The Bertz CT molecular complexity index is 495. The molecule has 0 amide bonds. The van der Waals surface area contributed by atoms with Crippen LogP contribution in [0.5, 0.6) is 0 Å². The SMILES string of the molecule is CN=C(NCC1CN(CC(C)C)CCO1)N1CCC(OCC2CCCCO2)CC1.I. The zero-order chi connectivity index (χ0) is 20.5. The van der Waals surface area contributed by atoms with Crippen LogP contribution in [0.4, 0.5) is 0 Å². The predicted octanol–water partition coefficient (Wildman–Crippen LogP) is 2.59. The lowest BCUT2D eigenvalue weighted by Crippen LogP contribution is -2.52. The van der Waals surface area contributed by atoms with Gasteiger partial charge in [-0.05, 0) is 38.0 Å². The number of rotatable bonds is 7. The first kappa shape index (κ1) is 26.1. The highest BCUT2D eigenvalue weighted by atomic mass is 127. The fourth-order valence-corrected chi connectivity index (χ4v) is 4.54. The molecule has 0 radical (unpaired) electrons. The van der Waals surface area contributed by atoms with Crippen molar-refractivity contribution in [1.82, 2.24) is 15.1 Å². The minimum absolute atomic E-state index is 0. The van der Waals surface area contributed by atoms with E-state index in [0.29, 0.717) is 18.1 Å². The molecule has 3 rings (SSSR count). The molecule has 2 atom stereocenters. The number of morpholine rings is 1. The molecule has 3 heterocycles. The summed E-state index contributed by atoms with van der Waals surface area (Å²) in [6.45, 7) is 13.0. The third-order valence-corrected chi connectivity index (χ3v) is 6.08. The lowest BCUT2D eigenvalue weighted by Gasteiger charge is -2.37. The van der Waals surface area contributed by atoms with Gasteiger partial charge >= 0.3 is 0 Å². The van der Waals surface area contributed by atoms with Crippen molar-refractivity contribution in [2.24, 2.45) is 10.9 Å². The summed E-state index contributed by atoms with van der Waals surface area (Å²) in [4.78, 5) is 9.38. The Kier molecular flexibility index (Phi) is 12.2. The van der Waals surface area contributed by atoms with Gasteiger partial charge in [-0.3, -0.25) is 9.89 Å². The van der Waals surface area contributed by atoms with Crippen molar-refractivity contribution in [2.45, 2.75) is 64.3 Å². The van der Waals surface area contributed by atoms with Crippen molar-refractivity contribution in [3.05, 3.63) is 0 Å². The number of likely N-dealkylation sites (tertiary alicyclic amines) is 1. The highest BCUT2D eigenvalue weighted by molar-refractivity contribution is 14.0. The van der Waals surface area contributed by atoms with Crippen LogP contribution < -0.4 is 5.32 Å². The van der Waals surface area contributed by atoms with Crippen molar-refractivity contribution < 1.29 is 14.2 Å². The van der Waals surface area contributed by atoms with Crippen molar-refractivity contribution in [3.63, 3.8) is 0 Å². The largest absolute Gasteiger partial charge is 0.376 e. The topological polar surface area (TPSA) is 58.6 Å². The molecule has 176 valence electrons. The number of ether oxygens (including phenoxy) is 3. The number of halogens is 1. The van der Waals surface area contributed by atoms with Crippen LogP contribution in [0.1, 0.15) is 46.0 Å². The van der Waals surface area contributed by atoms with E-state index in [1.54, 1.807) is 0 Å². The molecule has 2 unspecified atom stereocenters. The van der Waals surface area contributed by atoms with Gasteiger partial charge in [0.2, 0.25) is 0 Å². The van der Waals surface area contributed by atoms with Crippen molar-refractivity contribution >= 4 is 29.9 Å². The number of piperidine rings is 1. The lowest BCUT2D eigenvalue weighted by molar-refractivity contribution is -0.0722. The molecule has 3 aliphatic rings. The van der Waals surface area contributed by atoms with Gasteiger partial charge in [0.05, 0.1) is 31.5 Å². The van der Waals surface area contributed by atoms with Crippen LogP contribution in [0.25, 0.3) is 0 Å². The van der Waals surface area contributed by atoms with Gasteiger partial charge in [-0.25, -0.2) is 0 Å². The molecule has 8 heteroatoms. The number of hydrogen-bond acceptors (Lipinski definition) is 5. The molecule has 30 heavy (non-hydrogen) atoms. The van der Waals surface area contributed by atoms with Crippen LogP contribution in [0.3, 0.4) is 0 Å². The summed E-state index contributed by atoms with van der Waals surface area (Å²) in [5.74, 6) is 1.69. The molecule has 3 aliphatic heterocycles. The standard InChI is InChI=1S/C22H42N4O3.HI/c1-18(2)15-25-11-13-28-21(16-25)14-24-22(23-3)26-9-7-19(8-10-26)29-17-20-6-4-5-12-27-20;/h18-21H,4-17H2,1-3H3,(H,23,24);1H. The first-order chi connectivity index (χ1) is 14.1. The normalized spacial score (nSPS) is 27.2. The molecule has 7 nitrogen and oxygen atoms in total. The summed E-state index contributed by atoms with van der Waals surface area (Å²) < 4.78 is 17.9. The van der Waals surface area contributed by atoms with Gasteiger partial charge in [0.15, 0.2) is 5.96 Å². The van der Waals surface area contributed by atoms with Crippen LogP contribution in [-0.2, 0) is 14.2 Å². The van der Waals surface area contributed by atoms with Gasteiger partial charge in [0.25, 0.3) is 0 Å². The predicted molar refractivity (Wildman–Crippen MR) is 132 cm³/mol. The average molecular weight is 539 g/mol. The Hall–Kier alpha value is -0.160. The maximum atomic E-state index is 6.15. The minimum atomic E-state index is 0. The molecule has 0 aromatic carbocycles. The molecule has 3 saturated heterocycles. The summed E-state index contributed by atoms with van der Waals surface area (Å²) >= 11 is 0. The Balaban J connectivity index is 0.00000320. The Morgan fingerprint density at radius 2 is 1.83 bits per heavy atom. The van der Waals surface area contributed by atoms with E-state index in [1.807, 2.05) is 7.05 Å². The number of nitrogens with one attached hydrogen (secondary N) is 1. The summed E-state index contributed by atoms with van der Waals surface area (Å²) in [7, 11) is 1.87. The van der Waals surface area contributed by atoms with Crippen molar-refractivity contribution in [1.29, 1.82) is 0 Å². The third-order valence-electron chi connectivity index (χ3n) is 6.08. The first-order valence-corrected chi connectivity index (χ1v) is 11.7. The molecule has 0 aromatic rings. The van der Waals surface area contributed by atoms with Crippen molar-refractivity contribution in [3.8, 4) is 0 Å². The number of guanidine groups is 1. The van der Waals surface area contributed by atoms with E-state index >= 15 is 0 Å². The van der Waals surface area contributed by atoms with E-state index in [0.717, 1.165) is 84.3 Å². The first-order valence-electron chi connectivity index (χ1n) is 11.7. The van der Waals surface area contributed by atoms with Crippen LogP contribution in [0.15, 0.2) is 4.99 Å². The van der Waals surface area contributed by atoms with E-state index < -0.39 is 0 Å². The van der Waals surface area contributed by atoms with Gasteiger partial charge in [-0.15, -0.1) is 24.0 Å².